The molecule has 2 aliphatic rings. The highest BCUT2D eigenvalue weighted by Gasteiger charge is 2.33. The third-order valence-electron chi connectivity index (χ3n) is 8.53. The fourth-order valence-electron chi connectivity index (χ4n) is 6.83. The molecule has 0 amide bonds. The van der Waals surface area contributed by atoms with Gasteiger partial charge in [-0.25, -0.2) is 4.57 Å². The predicted octanol–water partition coefficient (Wildman–Crippen LogP) is 9.19. The minimum absolute atomic E-state index is 0.455. The summed E-state index contributed by atoms with van der Waals surface area (Å²) in [6.07, 6.45) is 7.71. The third kappa shape index (κ3) is 3.05. The number of aryl methyl sites for hydroxylation is 2. The molecule has 5 aromatic rings. The molecule has 174 valence electrons. The van der Waals surface area contributed by atoms with E-state index in [1.165, 1.54) is 95.7 Å². The van der Waals surface area contributed by atoms with E-state index in [1.54, 1.807) is 0 Å². The van der Waals surface area contributed by atoms with E-state index < -0.39 is 0 Å². The van der Waals surface area contributed by atoms with E-state index in [2.05, 4.69) is 93.2 Å². The molecule has 0 atom stereocenters. The maximum absolute atomic E-state index is 2.50. The molecule has 1 aliphatic carbocycles. The monoisotopic (exact) mass is 474 g/mol. The minimum Gasteiger partial charge on any atom is -0.200 e. The van der Waals surface area contributed by atoms with Gasteiger partial charge in [-0.05, 0) is 81.3 Å². The lowest BCUT2D eigenvalue weighted by Gasteiger charge is -2.27. The Morgan fingerprint density at radius 2 is 1.63 bits per heavy atom. The Labute approximate surface area is 212 Å². The molecular formula is C33H32NS+. The van der Waals surface area contributed by atoms with Crippen LogP contribution in [0.25, 0.3) is 43.6 Å². The normalized spacial score (nSPS) is 15.6. The van der Waals surface area contributed by atoms with E-state index in [0.717, 1.165) is 5.92 Å². The van der Waals surface area contributed by atoms with E-state index in [-0.39, 0.29) is 0 Å². The second-order valence-corrected chi connectivity index (χ2v) is 12.0. The summed E-state index contributed by atoms with van der Waals surface area (Å²) in [4.78, 5) is 2.89. The highest BCUT2D eigenvalue weighted by atomic mass is 32.2. The van der Waals surface area contributed by atoms with Crippen LogP contribution in [-0.4, -0.2) is 0 Å². The molecule has 35 heavy (non-hydrogen) atoms. The second-order valence-electron chi connectivity index (χ2n) is 11.0. The topological polar surface area (TPSA) is 3.88 Å². The summed E-state index contributed by atoms with van der Waals surface area (Å²) in [5.41, 5.74) is 7.23. The number of rotatable bonds is 2. The molecule has 1 aliphatic heterocycles. The van der Waals surface area contributed by atoms with Gasteiger partial charge in [-0.3, -0.25) is 0 Å². The van der Waals surface area contributed by atoms with Gasteiger partial charge in [0.15, 0.2) is 6.20 Å². The molecule has 0 saturated heterocycles. The average molecular weight is 475 g/mol. The SMILES string of the molecule is Cc1c2c(c(C(C)C)c3ccccc13)Sc1c3ccc(C4CCCC4)cc3cc3cc[n+](C)c-2c13. The highest BCUT2D eigenvalue weighted by molar-refractivity contribution is 8.00. The Morgan fingerprint density at radius 1 is 0.857 bits per heavy atom. The van der Waals surface area contributed by atoms with Crippen molar-refractivity contribution in [3.05, 3.63) is 77.5 Å². The summed E-state index contributed by atoms with van der Waals surface area (Å²) >= 11 is 2.02. The molecule has 4 aromatic carbocycles. The van der Waals surface area contributed by atoms with Crippen LogP contribution >= 0.6 is 11.8 Å². The summed E-state index contributed by atoms with van der Waals surface area (Å²) in [7, 11) is 2.22. The van der Waals surface area contributed by atoms with Gasteiger partial charge in [0.05, 0.1) is 10.9 Å². The first-order valence-electron chi connectivity index (χ1n) is 13.2. The van der Waals surface area contributed by atoms with Crippen LogP contribution in [0.5, 0.6) is 0 Å². The lowest BCUT2D eigenvalue weighted by Crippen LogP contribution is -2.32. The van der Waals surface area contributed by atoms with Crippen molar-refractivity contribution in [3.63, 3.8) is 0 Å². The van der Waals surface area contributed by atoms with Crippen LogP contribution in [0.4, 0.5) is 0 Å². The zero-order valence-electron chi connectivity index (χ0n) is 21.1. The molecule has 0 N–H and O–H groups in total. The second kappa shape index (κ2) is 7.83. The Hall–Kier alpha value is -2.84. The van der Waals surface area contributed by atoms with E-state index in [1.807, 2.05) is 11.8 Å². The number of nitrogens with zero attached hydrogens (tertiary/aromatic N) is 1. The van der Waals surface area contributed by atoms with Gasteiger partial charge in [-0.2, -0.15) is 0 Å². The molecule has 0 spiro atoms. The summed E-state index contributed by atoms with van der Waals surface area (Å²) in [6.45, 7) is 7.03. The molecule has 2 heteroatoms. The third-order valence-corrected chi connectivity index (χ3v) is 9.78. The molecule has 0 unspecified atom stereocenters. The molecule has 1 nitrogen and oxygen atoms in total. The Bertz CT molecular complexity index is 1670. The first-order chi connectivity index (χ1) is 17.0. The number of hydrogen-bond donors (Lipinski definition) is 0. The molecular weight excluding hydrogens is 442 g/mol. The van der Waals surface area contributed by atoms with E-state index in [4.69, 9.17) is 0 Å². The van der Waals surface area contributed by atoms with Crippen molar-refractivity contribution in [2.45, 2.75) is 68.1 Å². The van der Waals surface area contributed by atoms with Gasteiger partial charge < -0.3 is 0 Å². The average Bonchev–Trinajstić information content (AvgIpc) is 3.40. The van der Waals surface area contributed by atoms with Gasteiger partial charge in [-0.15, -0.1) is 0 Å². The lowest BCUT2D eigenvalue weighted by molar-refractivity contribution is -0.659. The van der Waals surface area contributed by atoms with E-state index in [9.17, 15) is 0 Å². The number of hydrogen-bond acceptors (Lipinski definition) is 1. The molecule has 1 saturated carbocycles. The van der Waals surface area contributed by atoms with Crippen LogP contribution in [0.15, 0.2) is 70.6 Å². The van der Waals surface area contributed by atoms with Crippen molar-refractivity contribution in [1.82, 2.24) is 0 Å². The van der Waals surface area contributed by atoms with Gasteiger partial charge in [-0.1, -0.05) is 80.9 Å². The van der Waals surface area contributed by atoms with Crippen molar-refractivity contribution in [2.24, 2.45) is 7.05 Å². The van der Waals surface area contributed by atoms with Crippen LogP contribution < -0.4 is 4.57 Å². The van der Waals surface area contributed by atoms with Crippen molar-refractivity contribution in [2.75, 3.05) is 0 Å². The Kier molecular flexibility index (Phi) is 4.80. The predicted molar refractivity (Wildman–Crippen MR) is 150 cm³/mol. The summed E-state index contributed by atoms with van der Waals surface area (Å²) < 4.78 is 2.36. The first kappa shape index (κ1) is 21.4. The minimum atomic E-state index is 0.455. The molecule has 0 bridgehead atoms. The van der Waals surface area contributed by atoms with E-state index in [0.29, 0.717) is 5.92 Å². The standard InChI is InChI=1S/C33H32NS/c1-19(2)28-27-12-8-7-11-25(27)20(3)29-31-30-23(15-16-34(31)4)18-24-17-22(21-9-5-6-10-21)13-14-26(24)32(30)35-33(28)29/h7-8,11-19,21H,5-6,9-10H2,1-4H3/q+1. The van der Waals surface area contributed by atoms with Crippen LogP contribution in [0.1, 0.15) is 68.1 Å². The maximum atomic E-state index is 2.50. The smallest absolute Gasteiger partial charge is 0.200 e. The van der Waals surface area contributed by atoms with Crippen LogP contribution in [0.3, 0.4) is 0 Å². The van der Waals surface area contributed by atoms with Crippen LogP contribution in [0, 0.1) is 6.92 Å². The van der Waals surface area contributed by atoms with Crippen LogP contribution in [-0.2, 0) is 7.05 Å². The van der Waals surface area contributed by atoms with Crippen molar-refractivity contribution in [3.8, 4) is 11.3 Å². The molecule has 2 heterocycles. The van der Waals surface area contributed by atoms with Crippen molar-refractivity contribution < 1.29 is 4.57 Å². The largest absolute Gasteiger partial charge is 0.222 e. The quantitative estimate of drug-likeness (QED) is 0.179. The molecule has 1 aromatic heterocycles. The zero-order chi connectivity index (χ0) is 23.8. The number of benzene rings is 4. The lowest BCUT2D eigenvalue weighted by atomic mass is 9.87. The fourth-order valence-corrected chi connectivity index (χ4v) is 8.45. The first-order valence-corrected chi connectivity index (χ1v) is 14.0. The number of aromatic nitrogens is 1. The fraction of sp³-hybridized carbons (Fsp3) is 0.303. The maximum Gasteiger partial charge on any atom is 0.222 e. The molecule has 0 radical (unpaired) electrons. The van der Waals surface area contributed by atoms with Gasteiger partial charge in [0.2, 0.25) is 5.69 Å². The van der Waals surface area contributed by atoms with Gasteiger partial charge in [0, 0.05) is 15.9 Å². The van der Waals surface area contributed by atoms with Crippen molar-refractivity contribution in [1.29, 1.82) is 0 Å². The van der Waals surface area contributed by atoms with Gasteiger partial charge in [0.25, 0.3) is 0 Å². The van der Waals surface area contributed by atoms with E-state index >= 15 is 0 Å². The van der Waals surface area contributed by atoms with Gasteiger partial charge in [0.1, 0.15) is 7.05 Å². The molecule has 1 fully saturated rings. The Morgan fingerprint density at radius 3 is 2.40 bits per heavy atom. The highest BCUT2D eigenvalue weighted by Crippen LogP contribution is 2.54. The number of fused-ring (bicyclic) bond motifs is 5. The van der Waals surface area contributed by atoms with Crippen LogP contribution in [0.2, 0.25) is 0 Å². The summed E-state index contributed by atoms with van der Waals surface area (Å²) in [5, 5.41) is 8.38. The zero-order valence-corrected chi connectivity index (χ0v) is 21.9. The van der Waals surface area contributed by atoms with Crippen molar-refractivity contribution >= 4 is 44.1 Å². The summed E-state index contributed by atoms with van der Waals surface area (Å²) in [5.74, 6) is 1.20. The Balaban J connectivity index is 1.60. The number of pyridine rings is 1. The summed E-state index contributed by atoms with van der Waals surface area (Å²) in [6, 6.07) is 21.1. The van der Waals surface area contributed by atoms with Gasteiger partial charge >= 0.3 is 0 Å². The molecule has 7 rings (SSSR count).